The Morgan fingerprint density at radius 1 is 1.40 bits per heavy atom. The summed E-state index contributed by atoms with van der Waals surface area (Å²) in [5, 5.41) is 7.04. The number of nitrogens with one attached hydrogen (secondary N) is 1. The zero-order valence-corrected chi connectivity index (χ0v) is 13.3. The summed E-state index contributed by atoms with van der Waals surface area (Å²) in [6.45, 7) is 6.82. The second-order valence-corrected chi connectivity index (χ2v) is 5.43. The van der Waals surface area contributed by atoms with Gasteiger partial charge in [0.05, 0.1) is 22.3 Å². The van der Waals surface area contributed by atoms with E-state index in [0.717, 1.165) is 19.4 Å². The zero-order valence-electron chi connectivity index (χ0n) is 12.5. The third-order valence-electron chi connectivity index (χ3n) is 3.47. The molecule has 0 aliphatic rings. The number of aromatic nitrogens is 2. The number of amides is 1. The fraction of sp³-hybridized carbons (Fsp3) is 0.643. The number of anilines is 1. The van der Waals surface area contributed by atoms with E-state index in [-0.39, 0.29) is 10.9 Å². The maximum atomic E-state index is 12.6. The van der Waals surface area contributed by atoms with Crippen molar-refractivity contribution in [2.24, 2.45) is 11.1 Å². The van der Waals surface area contributed by atoms with Crippen LogP contribution >= 0.6 is 12.2 Å². The number of rotatable bonds is 8. The molecule has 0 aromatic carbocycles. The molecule has 1 amide bonds. The molecule has 20 heavy (non-hydrogen) atoms. The van der Waals surface area contributed by atoms with Crippen molar-refractivity contribution in [3.05, 3.63) is 12.4 Å². The molecule has 6 heteroatoms. The van der Waals surface area contributed by atoms with E-state index < -0.39 is 5.41 Å². The lowest BCUT2D eigenvalue weighted by Gasteiger charge is -2.30. The molecule has 0 fully saturated rings. The van der Waals surface area contributed by atoms with Crippen LogP contribution in [0.1, 0.15) is 46.5 Å². The van der Waals surface area contributed by atoms with Crippen molar-refractivity contribution in [2.75, 3.05) is 5.32 Å². The van der Waals surface area contributed by atoms with Crippen molar-refractivity contribution in [1.82, 2.24) is 9.78 Å². The molecule has 0 radical (unpaired) electrons. The first-order valence-electron chi connectivity index (χ1n) is 7.14. The van der Waals surface area contributed by atoms with Gasteiger partial charge < -0.3 is 11.1 Å². The van der Waals surface area contributed by atoms with E-state index in [1.165, 1.54) is 0 Å². The van der Waals surface area contributed by atoms with E-state index in [4.69, 9.17) is 18.0 Å². The summed E-state index contributed by atoms with van der Waals surface area (Å²) in [5.74, 6) is -0.121. The maximum absolute atomic E-state index is 12.6. The highest BCUT2D eigenvalue weighted by molar-refractivity contribution is 7.80. The highest BCUT2D eigenvalue weighted by atomic mass is 32.1. The van der Waals surface area contributed by atoms with Crippen LogP contribution in [0.25, 0.3) is 0 Å². The quantitative estimate of drug-likeness (QED) is 0.723. The molecule has 1 aromatic heterocycles. The highest BCUT2D eigenvalue weighted by Crippen LogP contribution is 2.32. The molecular weight excluding hydrogens is 272 g/mol. The maximum Gasteiger partial charge on any atom is 0.237 e. The Bertz CT molecular complexity index is 463. The third kappa shape index (κ3) is 3.56. The van der Waals surface area contributed by atoms with Gasteiger partial charge in [0, 0.05) is 12.7 Å². The Kier molecular flexibility index (Phi) is 6.13. The van der Waals surface area contributed by atoms with Crippen LogP contribution < -0.4 is 11.1 Å². The van der Waals surface area contributed by atoms with Gasteiger partial charge in [0.1, 0.15) is 0 Å². The van der Waals surface area contributed by atoms with Gasteiger partial charge in [-0.15, -0.1) is 0 Å². The molecule has 3 N–H and O–H groups in total. The second kappa shape index (κ2) is 7.38. The molecular formula is C14H24N4OS. The van der Waals surface area contributed by atoms with E-state index >= 15 is 0 Å². The van der Waals surface area contributed by atoms with Crippen LogP contribution in [0.4, 0.5) is 5.69 Å². The number of hydrogen-bond donors (Lipinski definition) is 2. The summed E-state index contributed by atoms with van der Waals surface area (Å²) in [6, 6.07) is 0. The number of nitrogens with two attached hydrogens (primary N) is 1. The fourth-order valence-corrected chi connectivity index (χ4v) is 2.71. The number of carbonyl (C=O) groups excluding carboxylic acids is 1. The molecule has 0 aliphatic carbocycles. The standard InChI is InChI=1S/C14H24N4OS/c1-4-7-14(8-5-2,12(15)20)13(19)17-11-9-16-18(6-3)10-11/h9-10H,4-8H2,1-3H3,(H2,15,20)(H,17,19). The Hall–Kier alpha value is -1.43. The molecule has 0 saturated heterocycles. The molecule has 0 atom stereocenters. The van der Waals surface area contributed by atoms with Crippen LogP contribution in [0.15, 0.2) is 12.4 Å². The van der Waals surface area contributed by atoms with E-state index in [1.54, 1.807) is 17.1 Å². The Labute approximate surface area is 125 Å². The summed E-state index contributed by atoms with van der Waals surface area (Å²) < 4.78 is 1.76. The van der Waals surface area contributed by atoms with Gasteiger partial charge in [0.15, 0.2) is 0 Å². The topological polar surface area (TPSA) is 72.9 Å². The van der Waals surface area contributed by atoms with Crippen molar-refractivity contribution < 1.29 is 4.79 Å². The SMILES string of the molecule is CCCC(CCC)(C(=O)Nc1cnn(CC)c1)C(N)=S. The van der Waals surface area contributed by atoms with Crippen molar-refractivity contribution in [2.45, 2.75) is 53.0 Å². The zero-order chi connectivity index (χ0) is 15.2. The molecule has 0 bridgehead atoms. The number of hydrogen-bond acceptors (Lipinski definition) is 3. The van der Waals surface area contributed by atoms with Gasteiger partial charge in [-0.05, 0) is 19.8 Å². The number of carbonyl (C=O) groups is 1. The molecule has 0 saturated carbocycles. The normalized spacial score (nSPS) is 11.3. The summed E-state index contributed by atoms with van der Waals surface area (Å²) in [6.07, 6.45) is 6.51. The molecule has 0 aliphatic heterocycles. The fourth-order valence-electron chi connectivity index (χ4n) is 2.42. The molecule has 1 aromatic rings. The second-order valence-electron chi connectivity index (χ2n) is 4.99. The van der Waals surface area contributed by atoms with Gasteiger partial charge in [-0.2, -0.15) is 5.10 Å². The van der Waals surface area contributed by atoms with E-state index in [9.17, 15) is 4.79 Å². The molecule has 0 spiro atoms. The first-order chi connectivity index (χ1) is 9.50. The first kappa shape index (κ1) is 16.6. The van der Waals surface area contributed by atoms with Crippen LogP contribution in [-0.4, -0.2) is 20.7 Å². The number of nitrogens with zero attached hydrogens (tertiary/aromatic N) is 2. The summed E-state index contributed by atoms with van der Waals surface area (Å²) in [7, 11) is 0. The lowest BCUT2D eigenvalue weighted by molar-refractivity contribution is -0.122. The van der Waals surface area contributed by atoms with Crippen molar-refractivity contribution in [3.8, 4) is 0 Å². The average Bonchev–Trinajstić information content (AvgIpc) is 2.85. The first-order valence-corrected chi connectivity index (χ1v) is 7.54. The van der Waals surface area contributed by atoms with E-state index in [1.807, 2.05) is 20.8 Å². The van der Waals surface area contributed by atoms with Gasteiger partial charge in [-0.3, -0.25) is 9.48 Å². The lowest BCUT2D eigenvalue weighted by atomic mass is 9.78. The van der Waals surface area contributed by atoms with Crippen LogP contribution in [0.5, 0.6) is 0 Å². The van der Waals surface area contributed by atoms with Crippen LogP contribution in [-0.2, 0) is 11.3 Å². The minimum absolute atomic E-state index is 0.121. The predicted molar refractivity (Wildman–Crippen MR) is 85.6 cm³/mol. The minimum atomic E-state index is -0.757. The third-order valence-corrected chi connectivity index (χ3v) is 3.87. The summed E-state index contributed by atoms with van der Waals surface area (Å²) in [4.78, 5) is 12.9. The van der Waals surface area contributed by atoms with Gasteiger partial charge >= 0.3 is 0 Å². The van der Waals surface area contributed by atoms with E-state index in [0.29, 0.717) is 18.5 Å². The number of aryl methyl sites for hydroxylation is 1. The van der Waals surface area contributed by atoms with Gasteiger partial charge in [0.25, 0.3) is 0 Å². The van der Waals surface area contributed by atoms with Crippen molar-refractivity contribution >= 4 is 28.8 Å². The molecule has 1 heterocycles. The van der Waals surface area contributed by atoms with Gasteiger partial charge in [-0.25, -0.2) is 0 Å². The summed E-state index contributed by atoms with van der Waals surface area (Å²) >= 11 is 5.18. The monoisotopic (exact) mass is 296 g/mol. The smallest absolute Gasteiger partial charge is 0.237 e. The van der Waals surface area contributed by atoms with Crippen LogP contribution in [0.2, 0.25) is 0 Å². The lowest BCUT2D eigenvalue weighted by Crippen LogP contribution is -2.46. The Balaban J connectivity index is 2.94. The van der Waals surface area contributed by atoms with Crippen molar-refractivity contribution in [3.63, 3.8) is 0 Å². The summed E-state index contributed by atoms with van der Waals surface area (Å²) in [5.41, 5.74) is 5.81. The predicted octanol–water partition coefficient (Wildman–Crippen LogP) is 2.71. The Morgan fingerprint density at radius 2 is 2.00 bits per heavy atom. The van der Waals surface area contributed by atoms with Crippen LogP contribution in [0, 0.1) is 5.41 Å². The molecule has 1 rings (SSSR count). The van der Waals surface area contributed by atoms with Crippen LogP contribution in [0.3, 0.4) is 0 Å². The largest absolute Gasteiger partial charge is 0.392 e. The number of thiocarbonyl (C=S) groups is 1. The molecule has 0 unspecified atom stereocenters. The highest BCUT2D eigenvalue weighted by Gasteiger charge is 2.39. The Morgan fingerprint density at radius 3 is 2.40 bits per heavy atom. The minimum Gasteiger partial charge on any atom is -0.392 e. The van der Waals surface area contributed by atoms with Gasteiger partial charge in [-0.1, -0.05) is 38.9 Å². The van der Waals surface area contributed by atoms with E-state index in [2.05, 4.69) is 10.4 Å². The molecule has 112 valence electrons. The average molecular weight is 296 g/mol. The van der Waals surface area contributed by atoms with Gasteiger partial charge in [0.2, 0.25) is 5.91 Å². The molecule has 5 nitrogen and oxygen atoms in total. The van der Waals surface area contributed by atoms with Crippen molar-refractivity contribution in [1.29, 1.82) is 0 Å².